The third-order valence-electron chi connectivity index (χ3n) is 2.87. The topological polar surface area (TPSA) is 57.2 Å². The molecule has 0 spiro atoms. The summed E-state index contributed by atoms with van der Waals surface area (Å²) in [4.78, 5) is 6.65. The van der Waals surface area contributed by atoms with E-state index in [9.17, 15) is 0 Å². The van der Waals surface area contributed by atoms with Gasteiger partial charge in [0, 0.05) is 25.5 Å². The van der Waals surface area contributed by atoms with Gasteiger partial charge in [0.1, 0.15) is 5.52 Å². The van der Waals surface area contributed by atoms with Gasteiger partial charge in [-0.05, 0) is 18.9 Å². The predicted molar refractivity (Wildman–Crippen MR) is 75.0 cm³/mol. The van der Waals surface area contributed by atoms with Crippen LogP contribution in [0.5, 0.6) is 0 Å². The molecule has 2 heterocycles. The Kier molecular flexibility index (Phi) is 4.00. The Labute approximate surface area is 113 Å². The quantitative estimate of drug-likeness (QED) is 0.825. The highest BCUT2D eigenvalue weighted by molar-refractivity contribution is 5.69. The van der Waals surface area contributed by atoms with Crippen molar-refractivity contribution < 1.29 is 0 Å². The molecule has 2 rings (SSSR count). The SMILES string of the molecule is Cc1cc2c(N(CCC#N)CC(C)C)nccn2n1. The van der Waals surface area contributed by atoms with Crippen LogP contribution < -0.4 is 4.90 Å². The van der Waals surface area contributed by atoms with Crippen LogP contribution in [0.2, 0.25) is 0 Å². The van der Waals surface area contributed by atoms with E-state index in [1.54, 1.807) is 6.20 Å². The maximum absolute atomic E-state index is 8.80. The van der Waals surface area contributed by atoms with Crippen molar-refractivity contribution in [2.45, 2.75) is 27.2 Å². The first kappa shape index (κ1) is 13.3. The molecule has 0 atom stereocenters. The van der Waals surface area contributed by atoms with Crippen molar-refractivity contribution in [3.8, 4) is 6.07 Å². The summed E-state index contributed by atoms with van der Waals surface area (Å²) in [5, 5.41) is 13.2. The normalized spacial score (nSPS) is 10.9. The zero-order chi connectivity index (χ0) is 13.8. The fourth-order valence-electron chi connectivity index (χ4n) is 2.18. The number of hydrogen-bond acceptors (Lipinski definition) is 4. The fraction of sp³-hybridized carbons (Fsp3) is 0.500. The van der Waals surface area contributed by atoms with E-state index < -0.39 is 0 Å². The van der Waals surface area contributed by atoms with Gasteiger partial charge in [0.05, 0.1) is 18.2 Å². The summed E-state index contributed by atoms with van der Waals surface area (Å²) in [6, 6.07) is 4.23. The smallest absolute Gasteiger partial charge is 0.154 e. The molecular weight excluding hydrogens is 238 g/mol. The van der Waals surface area contributed by atoms with E-state index in [1.807, 2.05) is 23.7 Å². The summed E-state index contributed by atoms with van der Waals surface area (Å²) in [6.07, 6.45) is 4.11. The lowest BCUT2D eigenvalue weighted by Crippen LogP contribution is -2.29. The molecule has 0 fully saturated rings. The summed E-state index contributed by atoms with van der Waals surface area (Å²) in [5.41, 5.74) is 1.97. The Morgan fingerprint density at radius 3 is 2.95 bits per heavy atom. The summed E-state index contributed by atoms with van der Waals surface area (Å²) < 4.78 is 1.84. The number of aromatic nitrogens is 3. The monoisotopic (exact) mass is 257 g/mol. The zero-order valence-corrected chi connectivity index (χ0v) is 11.7. The average Bonchev–Trinajstić information content (AvgIpc) is 2.74. The van der Waals surface area contributed by atoms with Gasteiger partial charge in [0.2, 0.25) is 0 Å². The van der Waals surface area contributed by atoms with Gasteiger partial charge in [-0.1, -0.05) is 13.8 Å². The average molecular weight is 257 g/mol. The third kappa shape index (κ3) is 3.02. The molecule has 0 radical (unpaired) electrons. The van der Waals surface area contributed by atoms with Gasteiger partial charge in [0.15, 0.2) is 5.82 Å². The summed E-state index contributed by atoms with van der Waals surface area (Å²) in [5.74, 6) is 1.43. The van der Waals surface area contributed by atoms with E-state index in [1.165, 1.54) is 0 Å². The molecule has 0 amide bonds. The molecule has 2 aromatic rings. The first-order valence-corrected chi connectivity index (χ1v) is 6.54. The first-order valence-electron chi connectivity index (χ1n) is 6.54. The van der Waals surface area contributed by atoms with Crippen molar-refractivity contribution in [2.75, 3.05) is 18.0 Å². The predicted octanol–water partition coefficient (Wildman–Crippen LogP) is 2.41. The van der Waals surface area contributed by atoms with Crippen molar-refractivity contribution in [1.29, 1.82) is 5.26 Å². The van der Waals surface area contributed by atoms with Gasteiger partial charge in [-0.2, -0.15) is 10.4 Å². The molecule has 100 valence electrons. The molecule has 5 nitrogen and oxygen atoms in total. The molecule has 2 aromatic heterocycles. The summed E-state index contributed by atoms with van der Waals surface area (Å²) in [6.45, 7) is 7.89. The molecule has 0 N–H and O–H groups in total. The molecule has 0 bridgehead atoms. The number of nitriles is 1. The minimum absolute atomic E-state index is 0.503. The fourth-order valence-corrected chi connectivity index (χ4v) is 2.18. The lowest BCUT2D eigenvalue weighted by Gasteiger charge is -2.25. The second-order valence-corrected chi connectivity index (χ2v) is 5.11. The van der Waals surface area contributed by atoms with E-state index in [2.05, 4.69) is 34.9 Å². The standard InChI is InChI=1S/C14H19N5/c1-11(2)10-18(7-4-5-15)14-13-9-12(3)17-19(13)8-6-16-14/h6,8-9,11H,4,7,10H2,1-3H3. The molecular formula is C14H19N5. The second-order valence-electron chi connectivity index (χ2n) is 5.11. The Hall–Kier alpha value is -2.09. The van der Waals surface area contributed by atoms with Crippen LogP contribution in [0.3, 0.4) is 0 Å². The molecule has 19 heavy (non-hydrogen) atoms. The number of hydrogen-bond donors (Lipinski definition) is 0. The van der Waals surface area contributed by atoms with Gasteiger partial charge in [-0.25, -0.2) is 9.50 Å². The number of fused-ring (bicyclic) bond motifs is 1. The van der Waals surface area contributed by atoms with Crippen LogP contribution in [0.4, 0.5) is 5.82 Å². The van der Waals surface area contributed by atoms with Crippen LogP contribution in [0.1, 0.15) is 26.0 Å². The first-order chi connectivity index (χ1) is 9.11. The molecule has 0 saturated carbocycles. The minimum Gasteiger partial charge on any atom is -0.354 e. The Morgan fingerprint density at radius 1 is 1.47 bits per heavy atom. The number of rotatable bonds is 5. The Bertz CT molecular complexity index is 593. The zero-order valence-electron chi connectivity index (χ0n) is 11.7. The van der Waals surface area contributed by atoms with E-state index in [4.69, 9.17) is 5.26 Å². The van der Waals surface area contributed by atoms with Crippen LogP contribution in [0, 0.1) is 24.2 Å². The van der Waals surface area contributed by atoms with Crippen molar-refractivity contribution in [3.05, 3.63) is 24.2 Å². The highest BCUT2D eigenvalue weighted by Crippen LogP contribution is 2.20. The molecule has 0 aliphatic rings. The van der Waals surface area contributed by atoms with Crippen molar-refractivity contribution >= 4 is 11.3 Å². The maximum atomic E-state index is 8.80. The Balaban J connectivity index is 2.39. The lowest BCUT2D eigenvalue weighted by molar-refractivity contribution is 0.608. The lowest BCUT2D eigenvalue weighted by atomic mass is 10.2. The summed E-state index contributed by atoms with van der Waals surface area (Å²) >= 11 is 0. The van der Waals surface area contributed by atoms with Crippen molar-refractivity contribution in [2.24, 2.45) is 5.92 Å². The van der Waals surface area contributed by atoms with E-state index in [0.717, 1.165) is 23.6 Å². The van der Waals surface area contributed by atoms with Gasteiger partial charge >= 0.3 is 0 Å². The van der Waals surface area contributed by atoms with Crippen molar-refractivity contribution in [3.63, 3.8) is 0 Å². The third-order valence-corrected chi connectivity index (χ3v) is 2.87. The molecule has 5 heteroatoms. The van der Waals surface area contributed by atoms with Crippen LogP contribution in [-0.4, -0.2) is 27.7 Å². The molecule has 0 aromatic carbocycles. The van der Waals surface area contributed by atoms with E-state index in [-0.39, 0.29) is 0 Å². The van der Waals surface area contributed by atoms with Gasteiger partial charge < -0.3 is 4.90 Å². The van der Waals surface area contributed by atoms with Gasteiger partial charge in [0.25, 0.3) is 0 Å². The highest BCUT2D eigenvalue weighted by Gasteiger charge is 2.14. The number of nitrogens with zero attached hydrogens (tertiary/aromatic N) is 5. The number of anilines is 1. The van der Waals surface area contributed by atoms with Crippen LogP contribution in [0.15, 0.2) is 18.5 Å². The van der Waals surface area contributed by atoms with Crippen LogP contribution in [-0.2, 0) is 0 Å². The maximum Gasteiger partial charge on any atom is 0.154 e. The molecule has 0 aliphatic heterocycles. The molecule has 0 aliphatic carbocycles. The minimum atomic E-state index is 0.503. The second kappa shape index (κ2) is 5.70. The summed E-state index contributed by atoms with van der Waals surface area (Å²) in [7, 11) is 0. The van der Waals surface area contributed by atoms with Crippen LogP contribution >= 0.6 is 0 Å². The highest BCUT2D eigenvalue weighted by atomic mass is 15.3. The Morgan fingerprint density at radius 2 is 2.26 bits per heavy atom. The number of aryl methyl sites for hydroxylation is 1. The molecule has 0 saturated heterocycles. The van der Waals surface area contributed by atoms with Gasteiger partial charge in [-0.3, -0.25) is 0 Å². The van der Waals surface area contributed by atoms with Crippen molar-refractivity contribution in [1.82, 2.24) is 14.6 Å². The largest absolute Gasteiger partial charge is 0.354 e. The van der Waals surface area contributed by atoms with E-state index >= 15 is 0 Å². The van der Waals surface area contributed by atoms with Gasteiger partial charge in [-0.15, -0.1) is 0 Å². The van der Waals surface area contributed by atoms with E-state index in [0.29, 0.717) is 18.9 Å². The van der Waals surface area contributed by atoms with Crippen LogP contribution in [0.25, 0.3) is 5.52 Å². The molecule has 0 unspecified atom stereocenters.